The molecule has 1 aromatic heterocycles. The third kappa shape index (κ3) is 7.03. The van der Waals surface area contributed by atoms with E-state index in [1.807, 2.05) is 80.6 Å². The maximum atomic E-state index is 12.5. The van der Waals surface area contributed by atoms with Crippen LogP contribution in [0.15, 0.2) is 72.9 Å². The van der Waals surface area contributed by atoms with Crippen LogP contribution in [0, 0.1) is 0 Å². The highest BCUT2D eigenvalue weighted by Gasteiger charge is 2.13. The van der Waals surface area contributed by atoms with Crippen LogP contribution in [-0.2, 0) is 13.0 Å². The molecule has 31 heavy (non-hydrogen) atoms. The molecular formula is C25H29N3O3. The summed E-state index contributed by atoms with van der Waals surface area (Å²) >= 11 is 0. The normalized spacial score (nSPS) is 12.5. The largest absolute Gasteiger partial charge is 0.497 e. The molecule has 0 saturated heterocycles. The molecule has 0 aliphatic heterocycles. The zero-order valence-electron chi connectivity index (χ0n) is 18.2. The number of carbonyl (C=O) groups excluding carboxylic acids is 1. The maximum absolute atomic E-state index is 12.5. The number of benzene rings is 2. The molecule has 0 aliphatic rings. The number of methoxy groups -OCH3 is 1. The van der Waals surface area contributed by atoms with Gasteiger partial charge in [-0.1, -0.05) is 30.3 Å². The molecule has 1 heterocycles. The molecule has 162 valence electrons. The van der Waals surface area contributed by atoms with Crippen LogP contribution in [-0.4, -0.2) is 24.2 Å². The van der Waals surface area contributed by atoms with Gasteiger partial charge in [-0.15, -0.1) is 0 Å². The van der Waals surface area contributed by atoms with Gasteiger partial charge in [-0.3, -0.25) is 4.98 Å². The zero-order valence-corrected chi connectivity index (χ0v) is 18.2. The first-order valence-electron chi connectivity index (χ1n) is 10.4. The number of ether oxygens (including phenoxy) is 2. The monoisotopic (exact) mass is 419 g/mol. The van der Waals surface area contributed by atoms with Crippen molar-refractivity contribution in [2.75, 3.05) is 7.11 Å². The highest BCUT2D eigenvalue weighted by Crippen LogP contribution is 2.20. The molecule has 3 rings (SSSR count). The summed E-state index contributed by atoms with van der Waals surface area (Å²) in [6.07, 6.45) is 2.46. The first kappa shape index (κ1) is 22.2. The number of amides is 2. The molecule has 0 spiro atoms. The van der Waals surface area contributed by atoms with Crippen molar-refractivity contribution < 1.29 is 14.3 Å². The van der Waals surface area contributed by atoms with Gasteiger partial charge in [0.25, 0.3) is 0 Å². The number of nitrogens with one attached hydrogen (secondary N) is 2. The topological polar surface area (TPSA) is 72.5 Å². The first-order chi connectivity index (χ1) is 15.0. The van der Waals surface area contributed by atoms with E-state index < -0.39 is 0 Å². The number of rotatable bonds is 9. The Bertz CT molecular complexity index is 979. The van der Waals surface area contributed by atoms with Gasteiger partial charge in [0.15, 0.2) is 0 Å². The van der Waals surface area contributed by atoms with E-state index in [1.165, 1.54) is 0 Å². The Balaban J connectivity index is 1.50. The van der Waals surface area contributed by atoms with Crippen molar-refractivity contribution in [1.82, 2.24) is 15.6 Å². The Morgan fingerprint density at radius 3 is 2.55 bits per heavy atom. The lowest BCUT2D eigenvalue weighted by molar-refractivity contribution is 0.234. The van der Waals surface area contributed by atoms with E-state index in [0.29, 0.717) is 6.61 Å². The second kappa shape index (κ2) is 11.0. The van der Waals surface area contributed by atoms with Crippen LogP contribution in [0.5, 0.6) is 11.5 Å². The van der Waals surface area contributed by atoms with Crippen LogP contribution in [0.2, 0.25) is 0 Å². The molecule has 2 unspecified atom stereocenters. The fraction of sp³-hybridized carbons (Fsp3) is 0.280. The molecular weight excluding hydrogens is 390 g/mol. The third-order valence-electron chi connectivity index (χ3n) is 4.87. The van der Waals surface area contributed by atoms with Gasteiger partial charge in [-0.05, 0) is 67.8 Å². The van der Waals surface area contributed by atoms with Crippen molar-refractivity contribution in [2.24, 2.45) is 0 Å². The van der Waals surface area contributed by atoms with Gasteiger partial charge in [-0.2, -0.15) is 0 Å². The van der Waals surface area contributed by atoms with Crippen molar-refractivity contribution in [1.29, 1.82) is 0 Å². The minimum atomic E-state index is -0.206. The lowest BCUT2D eigenvalue weighted by atomic mass is 10.1. The quantitative estimate of drug-likeness (QED) is 0.529. The number of hydrogen-bond donors (Lipinski definition) is 2. The number of aromatic nitrogens is 1. The van der Waals surface area contributed by atoms with Crippen LogP contribution >= 0.6 is 0 Å². The van der Waals surface area contributed by atoms with Crippen LogP contribution in [0.1, 0.15) is 36.7 Å². The number of pyridine rings is 1. The predicted octanol–water partition coefficient (Wildman–Crippen LogP) is 4.66. The number of urea groups is 1. The minimum Gasteiger partial charge on any atom is -0.497 e. The molecule has 0 radical (unpaired) electrons. The Hall–Kier alpha value is -3.54. The number of hydrogen-bond acceptors (Lipinski definition) is 4. The van der Waals surface area contributed by atoms with Gasteiger partial charge in [-0.25, -0.2) is 4.79 Å². The second-order valence-corrected chi connectivity index (χ2v) is 7.48. The summed E-state index contributed by atoms with van der Waals surface area (Å²) in [7, 11) is 1.65. The summed E-state index contributed by atoms with van der Waals surface area (Å²) in [6.45, 7) is 4.33. The van der Waals surface area contributed by atoms with Crippen LogP contribution in [0.3, 0.4) is 0 Å². The van der Waals surface area contributed by atoms with Crippen LogP contribution < -0.4 is 20.1 Å². The summed E-state index contributed by atoms with van der Waals surface area (Å²) in [5.74, 6) is 1.55. The standard InChI is InChI=1S/C25H29N3O3/c1-18(14-20-8-6-11-23(15-20)30-3)27-25(29)28-19(2)21-9-7-12-24(16-21)31-17-22-10-4-5-13-26-22/h4-13,15-16,18-19H,14,17H2,1-3H3,(H2,27,28,29). The molecule has 6 nitrogen and oxygen atoms in total. The molecule has 2 amide bonds. The molecule has 0 fully saturated rings. The molecule has 0 aliphatic carbocycles. The summed E-state index contributed by atoms with van der Waals surface area (Å²) < 4.78 is 11.1. The molecule has 2 atom stereocenters. The van der Waals surface area contributed by atoms with E-state index in [1.54, 1.807) is 13.3 Å². The van der Waals surface area contributed by atoms with Gasteiger partial charge >= 0.3 is 6.03 Å². The molecule has 3 aromatic rings. The summed E-state index contributed by atoms with van der Waals surface area (Å²) in [5, 5.41) is 5.99. The Morgan fingerprint density at radius 1 is 0.968 bits per heavy atom. The lowest BCUT2D eigenvalue weighted by Gasteiger charge is -2.19. The minimum absolute atomic E-state index is 0.0210. The molecule has 6 heteroatoms. The second-order valence-electron chi connectivity index (χ2n) is 7.48. The third-order valence-corrected chi connectivity index (χ3v) is 4.87. The SMILES string of the molecule is COc1cccc(CC(C)NC(=O)NC(C)c2cccc(OCc3ccccn3)c2)c1. The van der Waals surface area contributed by atoms with Crippen molar-refractivity contribution in [3.63, 3.8) is 0 Å². The molecule has 0 bridgehead atoms. The predicted molar refractivity (Wildman–Crippen MR) is 121 cm³/mol. The fourth-order valence-electron chi connectivity index (χ4n) is 3.26. The van der Waals surface area contributed by atoms with Crippen molar-refractivity contribution in [2.45, 2.75) is 39.0 Å². The molecule has 2 aromatic carbocycles. The van der Waals surface area contributed by atoms with Crippen LogP contribution in [0.4, 0.5) is 4.79 Å². The van der Waals surface area contributed by atoms with Crippen molar-refractivity contribution >= 4 is 6.03 Å². The lowest BCUT2D eigenvalue weighted by Crippen LogP contribution is -2.42. The van der Waals surface area contributed by atoms with Gasteiger partial charge in [0.1, 0.15) is 18.1 Å². The van der Waals surface area contributed by atoms with E-state index in [4.69, 9.17) is 9.47 Å². The number of nitrogens with zero attached hydrogens (tertiary/aromatic N) is 1. The zero-order chi connectivity index (χ0) is 22.1. The van der Waals surface area contributed by atoms with Crippen molar-refractivity contribution in [3.05, 3.63) is 89.7 Å². The summed E-state index contributed by atoms with van der Waals surface area (Å²) in [6, 6.07) is 20.9. The summed E-state index contributed by atoms with van der Waals surface area (Å²) in [4.78, 5) is 16.7. The van der Waals surface area contributed by atoms with Gasteiger partial charge in [0.2, 0.25) is 0 Å². The van der Waals surface area contributed by atoms with Gasteiger partial charge in [0.05, 0.1) is 18.8 Å². The van der Waals surface area contributed by atoms with Crippen LogP contribution in [0.25, 0.3) is 0 Å². The van der Waals surface area contributed by atoms with E-state index in [0.717, 1.165) is 34.7 Å². The van der Waals surface area contributed by atoms with E-state index in [2.05, 4.69) is 15.6 Å². The Labute approximate surface area is 183 Å². The summed E-state index contributed by atoms with van der Waals surface area (Å²) in [5.41, 5.74) is 2.94. The Morgan fingerprint density at radius 2 is 1.77 bits per heavy atom. The number of carbonyl (C=O) groups is 1. The van der Waals surface area contributed by atoms with E-state index in [-0.39, 0.29) is 18.1 Å². The van der Waals surface area contributed by atoms with Gasteiger partial charge < -0.3 is 20.1 Å². The molecule has 0 saturated carbocycles. The van der Waals surface area contributed by atoms with E-state index in [9.17, 15) is 4.79 Å². The van der Waals surface area contributed by atoms with E-state index >= 15 is 0 Å². The highest BCUT2D eigenvalue weighted by atomic mass is 16.5. The Kier molecular flexibility index (Phi) is 7.87. The highest BCUT2D eigenvalue weighted by molar-refractivity contribution is 5.74. The average Bonchev–Trinajstić information content (AvgIpc) is 2.78. The van der Waals surface area contributed by atoms with Gasteiger partial charge in [0, 0.05) is 12.2 Å². The smallest absolute Gasteiger partial charge is 0.315 e. The average molecular weight is 420 g/mol. The fourth-order valence-corrected chi connectivity index (χ4v) is 3.26. The molecule has 2 N–H and O–H groups in total. The van der Waals surface area contributed by atoms with Crippen molar-refractivity contribution in [3.8, 4) is 11.5 Å². The first-order valence-corrected chi connectivity index (χ1v) is 10.4. The maximum Gasteiger partial charge on any atom is 0.315 e.